The second-order valence-electron chi connectivity index (χ2n) is 4.68. The molecule has 1 amide bonds. The molecule has 0 heterocycles. The lowest BCUT2D eigenvalue weighted by molar-refractivity contribution is -0.143. The molecule has 0 radical (unpaired) electrons. The van der Waals surface area contributed by atoms with Crippen molar-refractivity contribution in [3.63, 3.8) is 0 Å². The lowest BCUT2D eigenvalue weighted by Crippen LogP contribution is -2.44. The highest BCUT2D eigenvalue weighted by molar-refractivity contribution is 5.77. The largest absolute Gasteiger partial charge is 0.466 e. The van der Waals surface area contributed by atoms with Crippen LogP contribution in [0.2, 0.25) is 0 Å². The Morgan fingerprint density at radius 2 is 2.06 bits per heavy atom. The van der Waals surface area contributed by atoms with Crippen molar-refractivity contribution in [2.45, 2.75) is 51.0 Å². The third kappa shape index (κ3) is 4.64. The van der Waals surface area contributed by atoms with E-state index in [0.29, 0.717) is 32.4 Å². The van der Waals surface area contributed by atoms with Crippen molar-refractivity contribution in [3.05, 3.63) is 0 Å². The zero-order valence-electron chi connectivity index (χ0n) is 11.3. The first-order valence-electron chi connectivity index (χ1n) is 6.59. The summed E-state index contributed by atoms with van der Waals surface area (Å²) in [6, 6.07) is 0. The molecule has 0 aromatic heterocycles. The maximum absolute atomic E-state index is 11.7. The number of amides is 1. The monoisotopic (exact) mass is 257 g/mol. The third-order valence-electron chi connectivity index (χ3n) is 3.37. The standard InChI is InChI=1S/C13H23NO4/c1-3-18-12(16)6-4-9-14-11(15)10-13(17-2)7-5-8-13/h3-10H2,1-2H3,(H,14,15). The van der Waals surface area contributed by atoms with Crippen LogP contribution in [-0.4, -0.2) is 37.7 Å². The van der Waals surface area contributed by atoms with Gasteiger partial charge in [0.25, 0.3) is 0 Å². The molecule has 0 atom stereocenters. The number of esters is 1. The van der Waals surface area contributed by atoms with E-state index < -0.39 is 0 Å². The Morgan fingerprint density at radius 1 is 1.33 bits per heavy atom. The van der Waals surface area contributed by atoms with Crippen LogP contribution in [0, 0.1) is 0 Å². The molecule has 0 spiro atoms. The van der Waals surface area contributed by atoms with E-state index in [1.54, 1.807) is 14.0 Å². The van der Waals surface area contributed by atoms with Crippen molar-refractivity contribution in [2.75, 3.05) is 20.3 Å². The highest BCUT2D eigenvalue weighted by Gasteiger charge is 2.38. The molecule has 1 aliphatic carbocycles. The number of carbonyl (C=O) groups is 2. The van der Waals surface area contributed by atoms with E-state index in [4.69, 9.17) is 9.47 Å². The van der Waals surface area contributed by atoms with E-state index in [-0.39, 0.29) is 17.5 Å². The molecule has 18 heavy (non-hydrogen) atoms. The van der Waals surface area contributed by atoms with Crippen molar-refractivity contribution < 1.29 is 19.1 Å². The van der Waals surface area contributed by atoms with Gasteiger partial charge in [0.05, 0.1) is 18.6 Å². The van der Waals surface area contributed by atoms with Crippen molar-refractivity contribution in [2.24, 2.45) is 0 Å². The summed E-state index contributed by atoms with van der Waals surface area (Å²) >= 11 is 0. The van der Waals surface area contributed by atoms with Gasteiger partial charge in [-0.15, -0.1) is 0 Å². The van der Waals surface area contributed by atoms with Gasteiger partial charge >= 0.3 is 5.97 Å². The van der Waals surface area contributed by atoms with E-state index in [2.05, 4.69) is 5.32 Å². The van der Waals surface area contributed by atoms with Crippen molar-refractivity contribution in [3.8, 4) is 0 Å². The molecule has 0 unspecified atom stereocenters. The summed E-state index contributed by atoms with van der Waals surface area (Å²) in [5.41, 5.74) is -0.231. The molecule has 0 aromatic carbocycles. The number of nitrogens with one attached hydrogen (secondary N) is 1. The normalized spacial score (nSPS) is 16.8. The molecule has 1 aliphatic rings. The van der Waals surface area contributed by atoms with E-state index >= 15 is 0 Å². The summed E-state index contributed by atoms with van der Waals surface area (Å²) in [4.78, 5) is 22.7. The molecule has 1 saturated carbocycles. The molecule has 5 heteroatoms. The Balaban J connectivity index is 2.08. The van der Waals surface area contributed by atoms with Crippen LogP contribution < -0.4 is 5.32 Å². The Morgan fingerprint density at radius 3 is 2.56 bits per heavy atom. The minimum absolute atomic E-state index is 0.000379. The molecule has 104 valence electrons. The van der Waals surface area contributed by atoms with Gasteiger partial charge in [0.2, 0.25) is 5.91 Å². The predicted molar refractivity (Wildman–Crippen MR) is 67.1 cm³/mol. The number of ether oxygens (including phenoxy) is 2. The van der Waals surface area contributed by atoms with Gasteiger partial charge in [-0.05, 0) is 32.6 Å². The maximum Gasteiger partial charge on any atom is 0.305 e. The second-order valence-corrected chi connectivity index (χ2v) is 4.68. The number of carbonyl (C=O) groups excluding carboxylic acids is 2. The quantitative estimate of drug-likeness (QED) is 0.527. The number of hydrogen-bond donors (Lipinski definition) is 1. The van der Waals surface area contributed by atoms with Gasteiger partial charge in [-0.1, -0.05) is 0 Å². The van der Waals surface area contributed by atoms with Crippen LogP contribution in [0.1, 0.15) is 45.4 Å². The topological polar surface area (TPSA) is 64.6 Å². The van der Waals surface area contributed by atoms with Crippen molar-refractivity contribution >= 4 is 11.9 Å². The summed E-state index contributed by atoms with van der Waals surface area (Å²) in [5, 5.41) is 2.81. The van der Waals surface area contributed by atoms with Gasteiger partial charge in [-0.2, -0.15) is 0 Å². The van der Waals surface area contributed by atoms with Gasteiger partial charge in [0, 0.05) is 20.1 Å². The fourth-order valence-corrected chi connectivity index (χ4v) is 2.07. The van der Waals surface area contributed by atoms with Crippen LogP contribution in [0.25, 0.3) is 0 Å². The molecular formula is C13H23NO4. The van der Waals surface area contributed by atoms with Crippen molar-refractivity contribution in [1.29, 1.82) is 0 Å². The van der Waals surface area contributed by atoms with Crippen LogP contribution in [0.15, 0.2) is 0 Å². The van der Waals surface area contributed by atoms with Crippen molar-refractivity contribution in [1.82, 2.24) is 5.32 Å². The van der Waals surface area contributed by atoms with E-state index in [1.165, 1.54) is 0 Å². The SMILES string of the molecule is CCOC(=O)CCCNC(=O)CC1(OC)CCC1. The van der Waals surface area contributed by atoms with Crippen LogP contribution in [0.5, 0.6) is 0 Å². The smallest absolute Gasteiger partial charge is 0.305 e. The highest BCUT2D eigenvalue weighted by atomic mass is 16.5. The third-order valence-corrected chi connectivity index (χ3v) is 3.37. The summed E-state index contributed by atoms with van der Waals surface area (Å²) in [7, 11) is 1.66. The lowest BCUT2D eigenvalue weighted by atomic mass is 9.77. The Labute approximate surface area is 108 Å². The number of rotatable bonds is 8. The second kappa shape index (κ2) is 7.36. The van der Waals surface area contributed by atoms with Gasteiger partial charge in [0.1, 0.15) is 0 Å². The fraction of sp³-hybridized carbons (Fsp3) is 0.846. The number of hydrogen-bond acceptors (Lipinski definition) is 4. The average Bonchev–Trinajstić information content (AvgIpc) is 2.30. The van der Waals surface area contributed by atoms with E-state index in [9.17, 15) is 9.59 Å². The summed E-state index contributed by atoms with van der Waals surface area (Å²) in [5.74, 6) is -0.209. The number of methoxy groups -OCH3 is 1. The van der Waals surface area contributed by atoms with Crippen LogP contribution in [-0.2, 0) is 19.1 Å². The molecule has 0 aliphatic heterocycles. The Bertz CT molecular complexity index is 281. The summed E-state index contributed by atoms with van der Waals surface area (Å²) in [6.07, 6.45) is 4.43. The molecule has 0 bridgehead atoms. The first-order valence-corrected chi connectivity index (χ1v) is 6.59. The molecule has 0 aromatic rings. The molecule has 5 nitrogen and oxygen atoms in total. The summed E-state index contributed by atoms with van der Waals surface area (Å²) < 4.78 is 10.2. The highest BCUT2D eigenvalue weighted by Crippen LogP contribution is 2.37. The van der Waals surface area contributed by atoms with Crippen LogP contribution in [0.3, 0.4) is 0 Å². The Hall–Kier alpha value is -1.10. The minimum atomic E-state index is -0.231. The zero-order valence-corrected chi connectivity index (χ0v) is 11.3. The zero-order chi connectivity index (χ0) is 13.4. The predicted octanol–water partition coefficient (Wildman–Crippen LogP) is 1.41. The lowest BCUT2D eigenvalue weighted by Gasteiger charge is -2.39. The van der Waals surface area contributed by atoms with Crippen LogP contribution >= 0.6 is 0 Å². The molecule has 1 N–H and O–H groups in total. The Kier molecular flexibility index (Phi) is 6.12. The minimum Gasteiger partial charge on any atom is -0.466 e. The van der Waals surface area contributed by atoms with Gasteiger partial charge < -0.3 is 14.8 Å². The average molecular weight is 257 g/mol. The molecule has 1 rings (SSSR count). The summed E-state index contributed by atoms with van der Waals surface area (Å²) in [6.45, 7) is 2.70. The van der Waals surface area contributed by atoms with Crippen LogP contribution in [0.4, 0.5) is 0 Å². The molecule has 1 fully saturated rings. The van der Waals surface area contributed by atoms with E-state index in [0.717, 1.165) is 19.3 Å². The maximum atomic E-state index is 11.7. The molecular weight excluding hydrogens is 234 g/mol. The van der Waals surface area contributed by atoms with E-state index in [1.807, 2.05) is 0 Å². The fourth-order valence-electron chi connectivity index (χ4n) is 2.07. The first kappa shape index (κ1) is 15.0. The van der Waals surface area contributed by atoms with Gasteiger partial charge in [-0.25, -0.2) is 0 Å². The first-order chi connectivity index (χ1) is 8.62. The van der Waals surface area contributed by atoms with Gasteiger partial charge in [0.15, 0.2) is 0 Å². The molecule has 0 saturated heterocycles. The van der Waals surface area contributed by atoms with Gasteiger partial charge in [-0.3, -0.25) is 9.59 Å².